The Labute approximate surface area is 161 Å². The number of benzene rings is 2. The molecule has 0 aromatic heterocycles. The molecule has 1 aliphatic heterocycles. The number of non-ortho nitro benzene ring substituents is 1. The van der Waals surface area contributed by atoms with E-state index < -0.39 is 14.9 Å². The molecule has 0 aliphatic carbocycles. The van der Waals surface area contributed by atoms with Gasteiger partial charge in [-0.2, -0.15) is 0 Å². The number of halogens is 1. The fourth-order valence-corrected chi connectivity index (χ4v) is 4.52. The highest BCUT2D eigenvalue weighted by Gasteiger charge is 2.24. The molecular weight excluding hydrogens is 394 g/mol. The number of anilines is 2. The SMILES string of the molecule is Cc1ccc([N+](=O)[O-])cc1S(=O)(=O)Nc1cccc(Cl)c1N1CCOCC1. The van der Waals surface area contributed by atoms with Crippen molar-refractivity contribution in [3.8, 4) is 0 Å². The molecule has 1 heterocycles. The van der Waals surface area contributed by atoms with Crippen molar-refractivity contribution < 1.29 is 18.1 Å². The van der Waals surface area contributed by atoms with Crippen molar-refractivity contribution in [3.05, 3.63) is 57.1 Å². The normalized spacial score (nSPS) is 14.8. The number of rotatable bonds is 5. The lowest BCUT2D eigenvalue weighted by molar-refractivity contribution is -0.385. The van der Waals surface area contributed by atoms with E-state index in [1.54, 1.807) is 25.1 Å². The molecule has 0 bridgehead atoms. The van der Waals surface area contributed by atoms with Crippen LogP contribution in [0.4, 0.5) is 17.1 Å². The molecular formula is C17H18ClN3O5S. The second-order valence-electron chi connectivity index (χ2n) is 6.05. The molecule has 10 heteroatoms. The van der Waals surface area contributed by atoms with Crippen molar-refractivity contribution in [2.75, 3.05) is 35.9 Å². The Balaban J connectivity index is 2.01. The maximum absolute atomic E-state index is 12.9. The summed E-state index contributed by atoms with van der Waals surface area (Å²) in [5, 5.41) is 11.4. The van der Waals surface area contributed by atoms with E-state index in [0.29, 0.717) is 48.3 Å². The van der Waals surface area contributed by atoms with E-state index in [1.165, 1.54) is 12.1 Å². The predicted octanol–water partition coefficient (Wildman–Crippen LogP) is 3.19. The van der Waals surface area contributed by atoms with Crippen LogP contribution in [-0.2, 0) is 14.8 Å². The Hall–Kier alpha value is -2.36. The van der Waals surface area contributed by atoms with E-state index in [-0.39, 0.29) is 10.6 Å². The van der Waals surface area contributed by atoms with Crippen molar-refractivity contribution in [2.45, 2.75) is 11.8 Å². The van der Waals surface area contributed by atoms with Crippen LogP contribution in [0.3, 0.4) is 0 Å². The van der Waals surface area contributed by atoms with Crippen LogP contribution in [-0.4, -0.2) is 39.6 Å². The maximum atomic E-state index is 12.9. The van der Waals surface area contributed by atoms with E-state index in [1.807, 2.05) is 4.90 Å². The molecule has 8 nitrogen and oxygen atoms in total. The van der Waals surface area contributed by atoms with Crippen molar-refractivity contribution >= 4 is 38.7 Å². The molecule has 0 spiro atoms. The summed E-state index contributed by atoms with van der Waals surface area (Å²) in [6.07, 6.45) is 0. The number of nitrogens with one attached hydrogen (secondary N) is 1. The van der Waals surface area contributed by atoms with E-state index in [0.717, 1.165) is 6.07 Å². The predicted molar refractivity (Wildman–Crippen MR) is 103 cm³/mol. The second kappa shape index (κ2) is 7.71. The van der Waals surface area contributed by atoms with Gasteiger partial charge in [0, 0.05) is 25.2 Å². The molecule has 1 N–H and O–H groups in total. The van der Waals surface area contributed by atoms with Crippen LogP contribution < -0.4 is 9.62 Å². The number of nitro benzene ring substituents is 1. The van der Waals surface area contributed by atoms with Gasteiger partial charge in [0.15, 0.2) is 0 Å². The summed E-state index contributed by atoms with van der Waals surface area (Å²) in [4.78, 5) is 12.2. The third kappa shape index (κ3) is 4.15. The standard InChI is InChI=1S/C17H18ClN3O5S/c1-12-5-6-13(21(22)23)11-16(12)27(24,25)19-15-4-2-3-14(18)17(15)20-7-9-26-10-8-20/h2-6,11,19H,7-10H2,1H3. The molecule has 27 heavy (non-hydrogen) atoms. The first-order valence-electron chi connectivity index (χ1n) is 8.18. The van der Waals surface area contributed by atoms with Gasteiger partial charge >= 0.3 is 0 Å². The average molecular weight is 412 g/mol. The lowest BCUT2D eigenvalue weighted by atomic mass is 10.2. The summed E-state index contributed by atoms with van der Waals surface area (Å²) in [6, 6.07) is 8.67. The highest BCUT2D eigenvalue weighted by molar-refractivity contribution is 7.92. The van der Waals surface area contributed by atoms with E-state index in [9.17, 15) is 18.5 Å². The number of morpholine rings is 1. The monoisotopic (exact) mass is 411 g/mol. The molecule has 0 atom stereocenters. The zero-order chi connectivity index (χ0) is 19.6. The van der Waals surface area contributed by atoms with E-state index in [2.05, 4.69) is 4.72 Å². The van der Waals surface area contributed by atoms with Gasteiger partial charge in [-0.15, -0.1) is 0 Å². The lowest BCUT2D eigenvalue weighted by Gasteiger charge is -2.31. The minimum Gasteiger partial charge on any atom is -0.378 e. The molecule has 0 saturated carbocycles. The van der Waals surface area contributed by atoms with E-state index >= 15 is 0 Å². The van der Waals surface area contributed by atoms with Gasteiger partial charge < -0.3 is 9.64 Å². The molecule has 2 aromatic carbocycles. The molecule has 1 saturated heterocycles. The largest absolute Gasteiger partial charge is 0.378 e. The zero-order valence-corrected chi connectivity index (χ0v) is 16.1. The molecule has 3 rings (SSSR count). The molecule has 0 amide bonds. The first kappa shape index (κ1) is 19.4. The van der Waals surface area contributed by atoms with Crippen molar-refractivity contribution in [3.63, 3.8) is 0 Å². The van der Waals surface area contributed by atoms with Crippen LogP contribution >= 0.6 is 11.6 Å². The number of nitrogens with zero attached hydrogens (tertiary/aromatic N) is 2. The molecule has 1 fully saturated rings. The number of aryl methyl sites for hydroxylation is 1. The van der Waals surface area contributed by atoms with Crippen LogP contribution in [0.25, 0.3) is 0 Å². The van der Waals surface area contributed by atoms with Gasteiger partial charge in [0.25, 0.3) is 15.7 Å². The minimum atomic E-state index is -4.05. The Morgan fingerprint density at radius 3 is 2.59 bits per heavy atom. The number of hydrogen-bond acceptors (Lipinski definition) is 6. The summed E-state index contributed by atoms with van der Waals surface area (Å²) in [6.45, 7) is 3.77. The number of nitro groups is 1. The van der Waals surface area contributed by atoms with Crippen LogP contribution in [0.2, 0.25) is 5.02 Å². The Kier molecular flexibility index (Phi) is 5.54. The Bertz CT molecular complexity index is 975. The molecule has 1 aliphatic rings. The van der Waals surface area contributed by atoms with Gasteiger partial charge in [-0.1, -0.05) is 23.7 Å². The second-order valence-corrected chi connectivity index (χ2v) is 8.11. The molecule has 0 radical (unpaired) electrons. The smallest absolute Gasteiger partial charge is 0.270 e. The Morgan fingerprint density at radius 2 is 1.93 bits per heavy atom. The summed E-state index contributed by atoms with van der Waals surface area (Å²) >= 11 is 6.33. The van der Waals surface area contributed by atoms with Crippen LogP contribution in [0.1, 0.15) is 5.56 Å². The highest BCUT2D eigenvalue weighted by Crippen LogP contribution is 2.36. The van der Waals surface area contributed by atoms with Gasteiger partial charge in [-0.25, -0.2) is 8.42 Å². The fraction of sp³-hybridized carbons (Fsp3) is 0.294. The topological polar surface area (TPSA) is 102 Å². The third-order valence-corrected chi connectivity index (χ3v) is 6.04. The number of ether oxygens (including phenoxy) is 1. The number of para-hydroxylation sites is 1. The van der Waals surface area contributed by atoms with Crippen molar-refractivity contribution in [2.24, 2.45) is 0 Å². The first-order chi connectivity index (χ1) is 12.8. The maximum Gasteiger partial charge on any atom is 0.270 e. The van der Waals surface area contributed by atoms with E-state index in [4.69, 9.17) is 16.3 Å². The lowest BCUT2D eigenvalue weighted by Crippen LogP contribution is -2.37. The number of sulfonamides is 1. The molecule has 2 aromatic rings. The van der Waals surface area contributed by atoms with Gasteiger partial charge in [-0.05, 0) is 24.6 Å². The van der Waals surface area contributed by atoms with Crippen molar-refractivity contribution in [1.82, 2.24) is 0 Å². The van der Waals surface area contributed by atoms with Crippen LogP contribution in [0, 0.1) is 17.0 Å². The van der Waals surface area contributed by atoms with Crippen molar-refractivity contribution in [1.29, 1.82) is 0 Å². The summed E-state index contributed by atoms with van der Waals surface area (Å²) in [5.41, 5.74) is 0.993. The molecule has 0 unspecified atom stereocenters. The summed E-state index contributed by atoms with van der Waals surface area (Å²) in [5.74, 6) is 0. The highest BCUT2D eigenvalue weighted by atomic mass is 35.5. The average Bonchev–Trinajstić information content (AvgIpc) is 2.62. The zero-order valence-electron chi connectivity index (χ0n) is 14.5. The van der Waals surface area contributed by atoms with Crippen LogP contribution in [0.5, 0.6) is 0 Å². The van der Waals surface area contributed by atoms with Gasteiger partial charge in [-0.3, -0.25) is 14.8 Å². The molecule has 144 valence electrons. The van der Waals surface area contributed by atoms with Crippen LogP contribution in [0.15, 0.2) is 41.3 Å². The summed E-state index contributed by atoms with van der Waals surface area (Å²) < 4.78 is 33.7. The third-order valence-electron chi connectivity index (χ3n) is 4.23. The number of hydrogen-bond donors (Lipinski definition) is 1. The fourth-order valence-electron chi connectivity index (χ4n) is 2.90. The summed E-state index contributed by atoms with van der Waals surface area (Å²) in [7, 11) is -4.05. The Morgan fingerprint density at radius 1 is 1.22 bits per heavy atom. The van der Waals surface area contributed by atoms with Gasteiger partial charge in [0.1, 0.15) is 0 Å². The van der Waals surface area contributed by atoms with Gasteiger partial charge in [0.2, 0.25) is 0 Å². The quantitative estimate of drug-likeness (QED) is 0.598. The minimum absolute atomic E-state index is 0.149. The van der Waals surface area contributed by atoms with Gasteiger partial charge in [0.05, 0.1) is 39.4 Å². The first-order valence-corrected chi connectivity index (χ1v) is 10.0.